The van der Waals surface area contributed by atoms with Gasteiger partial charge in [0, 0.05) is 6.42 Å². The van der Waals surface area contributed by atoms with Crippen LogP contribution in [0.4, 0.5) is 8.78 Å². The Bertz CT molecular complexity index is 218. The first-order valence-corrected chi connectivity index (χ1v) is 7.01. The Hall–Kier alpha value is -0.670. The fraction of sp³-hybridized carbons (Fsp3) is 0.929. The summed E-state index contributed by atoms with van der Waals surface area (Å²) < 4.78 is 30.2. The molecule has 0 spiro atoms. The minimum atomic E-state index is -3.31. The second-order valence-electron chi connectivity index (χ2n) is 4.77. The molecule has 0 unspecified atom stereocenters. The van der Waals surface area contributed by atoms with E-state index in [1.807, 2.05) is 0 Å². The summed E-state index contributed by atoms with van der Waals surface area (Å²) in [6, 6.07) is 0. The van der Waals surface area contributed by atoms with Crippen LogP contribution in [0.2, 0.25) is 0 Å². The van der Waals surface area contributed by atoms with Gasteiger partial charge in [-0.15, -0.1) is 0 Å². The van der Waals surface area contributed by atoms with E-state index in [4.69, 9.17) is 0 Å². The highest BCUT2D eigenvalue weighted by Gasteiger charge is 2.38. The van der Waals surface area contributed by atoms with Gasteiger partial charge in [-0.2, -0.15) is 8.78 Å². The molecule has 0 fully saturated rings. The molecule has 0 saturated heterocycles. The highest BCUT2D eigenvalue weighted by atomic mass is 19.3. The Balaban J connectivity index is 3.37. The second kappa shape index (κ2) is 10.3. The molecule has 0 aliphatic carbocycles. The number of ether oxygens (including phenoxy) is 1. The van der Waals surface area contributed by atoms with Gasteiger partial charge in [0.1, 0.15) is 0 Å². The molecular formula is C14H26F2O2. The lowest BCUT2D eigenvalue weighted by Gasteiger charge is -2.12. The molecule has 0 atom stereocenters. The highest BCUT2D eigenvalue weighted by Crippen LogP contribution is 2.23. The van der Waals surface area contributed by atoms with Gasteiger partial charge in [0.25, 0.3) is 0 Å². The number of carbonyl (C=O) groups is 1. The second-order valence-corrected chi connectivity index (χ2v) is 4.77. The normalized spacial score (nSPS) is 11.6. The predicted octanol–water partition coefficient (Wildman–Crippen LogP) is 4.72. The molecule has 0 aromatic heterocycles. The molecule has 0 N–H and O–H groups in total. The highest BCUT2D eigenvalue weighted by molar-refractivity contribution is 5.77. The summed E-state index contributed by atoms with van der Waals surface area (Å²) in [5.74, 6) is -4.72. The molecule has 0 aromatic carbocycles. The Labute approximate surface area is 109 Å². The number of unbranched alkanes of at least 4 members (excludes halogenated alkanes) is 8. The number of hydrogen-bond acceptors (Lipinski definition) is 2. The van der Waals surface area contributed by atoms with Crippen molar-refractivity contribution in [2.24, 2.45) is 0 Å². The summed E-state index contributed by atoms with van der Waals surface area (Å²) in [4.78, 5) is 10.7. The monoisotopic (exact) mass is 264 g/mol. The van der Waals surface area contributed by atoms with Crippen molar-refractivity contribution in [3.63, 3.8) is 0 Å². The van der Waals surface area contributed by atoms with Crippen LogP contribution in [-0.4, -0.2) is 19.0 Å². The van der Waals surface area contributed by atoms with E-state index in [0.717, 1.165) is 26.4 Å². The molecule has 0 saturated carbocycles. The third-order valence-corrected chi connectivity index (χ3v) is 3.08. The summed E-state index contributed by atoms with van der Waals surface area (Å²) in [6.45, 7) is 2.18. The average molecular weight is 264 g/mol. The molecule has 0 radical (unpaired) electrons. The summed E-state index contributed by atoms with van der Waals surface area (Å²) >= 11 is 0. The Morgan fingerprint density at radius 2 is 1.39 bits per heavy atom. The van der Waals surface area contributed by atoms with E-state index < -0.39 is 18.3 Å². The molecule has 0 aromatic rings. The van der Waals surface area contributed by atoms with E-state index in [1.54, 1.807) is 0 Å². The van der Waals surface area contributed by atoms with E-state index in [1.165, 1.54) is 32.1 Å². The Morgan fingerprint density at radius 3 is 1.83 bits per heavy atom. The van der Waals surface area contributed by atoms with E-state index in [9.17, 15) is 13.6 Å². The molecule has 108 valence electrons. The number of hydrogen-bond donors (Lipinski definition) is 0. The molecule has 4 heteroatoms. The maximum atomic E-state index is 13.1. The molecule has 0 aliphatic heterocycles. The van der Waals surface area contributed by atoms with Crippen LogP contribution in [0.3, 0.4) is 0 Å². The first-order chi connectivity index (χ1) is 8.54. The van der Waals surface area contributed by atoms with Crippen molar-refractivity contribution in [2.75, 3.05) is 7.11 Å². The first-order valence-electron chi connectivity index (χ1n) is 7.01. The largest absolute Gasteiger partial charge is 0.465 e. The van der Waals surface area contributed by atoms with Gasteiger partial charge < -0.3 is 4.74 Å². The minimum absolute atomic E-state index is 0.386. The molecule has 0 aliphatic rings. The summed E-state index contributed by atoms with van der Waals surface area (Å²) in [6.07, 6.45) is 9.06. The zero-order valence-electron chi connectivity index (χ0n) is 11.6. The number of halogens is 2. The van der Waals surface area contributed by atoms with Crippen LogP contribution in [-0.2, 0) is 9.53 Å². The molecule has 0 rings (SSSR count). The van der Waals surface area contributed by atoms with Crippen molar-refractivity contribution in [3.05, 3.63) is 0 Å². The lowest BCUT2D eigenvalue weighted by molar-refractivity contribution is -0.169. The average Bonchev–Trinajstić information content (AvgIpc) is 2.35. The standard InChI is InChI=1S/C14H26F2O2/c1-3-4-5-6-7-8-9-10-11-12-14(15,16)13(17)18-2/h3-12H2,1-2H3. The minimum Gasteiger partial charge on any atom is -0.465 e. The molecule has 0 bridgehead atoms. The van der Waals surface area contributed by atoms with Gasteiger partial charge >= 0.3 is 11.9 Å². The van der Waals surface area contributed by atoms with Crippen LogP contribution < -0.4 is 0 Å². The van der Waals surface area contributed by atoms with Gasteiger partial charge in [-0.3, -0.25) is 0 Å². The van der Waals surface area contributed by atoms with Crippen molar-refractivity contribution < 1.29 is 18.3 Å². The van der Waals surface area contributed by atoms with Crippen molar-refractivity contribution in [2.45, 2.75) is 77.1 Å². The maximum absolute atomic E-state index is 13.1. The first kappa shape index (κ1) is 17.3. The number of carbonyl (C=O) groups excluding carboxylic acids is 1. The number of rotatable bonds is 11. The molecule has 0 heterocycles. The maximum Gasteiger partial charge on any atom is 0.376 e. The molecular weight excluding hydrogens is 238 g/mol. The molecule has 18 heavy (non-hydrogen) atoms. The van der Waals surface area contributed by atoms with Gasteiger partial charge in [0.05, 0.1) is 7.11 Å². The van der Waals surface area contributed by atoms with E-state index in [-0.39, 0.29) is 0 Å². The molecule has 0 amide bonds. The Morgan fingerprint density at radius 1 is 0.944 bits per heavy atom. The Kier molecular flexibility index (Phi) is 9.89. The molecule has 2 nitrogen and oxygen atoms in total. The van der Waals surface area contributed by atoms with E-state index >= 15 is 0 Å². The zero-order valence-corrected chi connectivity index (χ0v) is 11.6. The smallest absolute Gasteiger partial charge is 0.376 e. The summed E-state index contributed by atoms with van der Waals surface area (Å²) in [5, 5.41) is 0. The predicted molar refractivity (Wildman–Crippen MR) is 68.8 cm³/mol. The number of esters is 1. The summed E-state index contributed by atoms with van der Waals surface area (Å²) in [5.41, 5.74) is 0. The van der Waals surface area contributed by atoms with Crippen LogP contribution in [0.1, 0.15) is 71.1 Å². The number of methoxy groups -OCH3 is 1. The zero-order chi connectivity index (χ0) is 13.9. The van der Waals surface area contributed by atoms with Crippen molar-refractivity contribution >= 4 is 5.97 Å². The van der Waals surface area contributed by atoms with E-state index in [2.05, 4.69) is 11.7 Å². The van der Waals surface area contributed by atoms with Crippen LogP contribution in [0.5, 0.6) is 0 Å². The van der Waals surface area contributed by atoms with Crippen molar-refractivity contribution in [1.82, 2.24) is 0 Å². The quantitative estimate of drug-likeness (QED) is 0.399. The van der Waals surface area contributed by atoms with E-state index in [0.29, 0.717) is 6.42 Å². The fourth-order valence-electron chi connectivity index (χ4n) is 1.91. The van der Waals surface area contributed by atoms with Gasteiger partial charge in [0.2, 0.25) is 0 Å². The van der Waals surface area contributed by atoms with Crippen molar-refractivity contribution in [1.29, 1.82) is 0 Å². The fourth-order valence-corrected chi connectivity index (χ4v) is 1.91. The van der Waals surface area contributed by atoms with Gasteiger partial charge in [-0.1, -0.05) is 58.3 Å². The van der Waals surface area contributed by atoms with Gasteiger partial charge in [0.15, 0.2) is 0 Å². The SMILES string of the molecule is CCCCCCCCCCCC(F)(F)C(=O)OC. The van der Waals surface area contributed by atoms with Crippen molar-refractivity contribution in [3.8, 4) is 0 Å². The lowest BCUT2D eigenvalue weighted by Crippen LogP contribution is -2.29. The van der Waals surface area contributed by atoms with Crippen LogP contribution >= 0.6 is 0 Å². The third-order valence-electron chi connectivity index (χ3n) is 3.08. The lowest BCUT2D eigenvalue weighted by atomic mass is 10.0. The van der Waals surface area contributed by atoms with Gasteiger partial charge in [-0.05, 0) is 6.42 Å². The summed E-state index contributed by atoms with van der Waals surface area (Å²) in [7, 11) is 0.993. The van der Waals surface area contributed by atoms with Crippen LogP contribution in [0.15, 0.2) is 0 Å². The van der Waals surface area contributed by atoms with Gasteiger partial charge in [-0.25, -0.2) is 4.79 Å². The van der Waals surface area contributed by atoms with Crippen LogP contribution in [0, 0.1) is 0 Å². The number of alkyl halides is 2. The third kappa shape index (κ3) is 8.43. The topological polar surface area (TPSA) is 26.3 Å². The van der Waals surface area contributed by atoms with Crippen LogP contribution in [0.25, 0.3) is 0 Å².